The number of carboxylic acid groups (broad SMARTS) is 1. The average Bonchev–Trinajstić information content (AvgIpc) is 2.46. The van der Waals surface area contributed by atoms with E-state index in [2.05, 4.69) is 10.3 Å². The molecule has 1 fully saturated rings. The summed E-state index contributed by atoms with van der Waals surface area (Å²) in [5.74, 6) is -1.38. The van der Waals surface area contributed by atoms with E-state index in [1.54, 1.807) is 12.4 Å². The summed E-state index contributed by atoms with van der Waals surface area (Å²) in [5.41, 5.74) is 0.946. The third kappa shape index (κ3) is 3.77. The first-order valence-corrected chi connectivity index (χ1v) is 6.56. The van der Waals surface area contributed by atoms with Gasteiger partial charge >= 0.3 is 5.97 Å². The molecule has 1 aliphatic rings. The molecule has 2 rings (SSSR count). The van der Waals surface area contributed by atoms with Crippen LogP contribution in [0.15, 0.2) is 24.5 Å². The molecule has 0 aromatic carbocycles. The summed E-state index contributed by atoms with van der Waals surface area (Å²) in [5, 5.41) is 11.9. The summed E-state index contributed by atoms with van der Waals surface area (Å²) >= 11 is 0. The van der Waals surface area contributed by atoms with Gasteiger partial charge in [-0.2, -0.15) is 0 Å². The Morgan fingerprint density at radius 3 is 2.84 bits per heavy atom. The van der Waals surface area contributed by atoms with Gasteiger partial charge in [-0.15, -0.1) is 0 Å². The summed E-state index contributed by atoms with van der Waals surface area (Å²) < 4.78 is 0. The molecule has 2 N–H and O–H groups in total. The van der Waals surface area contributed by atoms with Crippen LogP contribution in [0, 0.1) is 11.8 Å². The third-order valence-corrected chi connectivity index (χ3v) is 3.58. The molecule has 1 heterocycles. The van der Waals surface area contributed by atoms with Crippen molar-refractivity contribution >= 4 is 11.9 Å². The van der Waals surface area contributed by atoms with Crippen LogP contribution in [0.5, 0.6) is 0 Å². The average molecular weight is 262 g/mol. The molecule has 1 aromatic heterocycles. The van der Waals surface area contributed by atoms with Gasteiger partial charge in [-0.05, 0) is 30.9 Å². The van der Waals surface area contributed by atoms with Gasteiger partial charge in [0.1, 0.15) is 0 Å². The van der Waals surface area contributed by atoms with E-state index in [4.69, 9.17) is 5.11 Å². The molecule has 2 atom stereocenters. The minimum Gasteiger partial charge on any atom is -0.481 e. The van der Waals surface area contributed by atoms with Crippen LogP contribution in [0.25, 0.3) is 0 Å². The zero-order chi connectivity index (χ0) is 13.7. The Morgan fingerprint density at radius 2 is 2.16 bits per heavy atom. The van der Waals surface area contributed by atoms with E-state index in [9.17, 15) is 9.59 Å². The number of hydrogen-bond acceptors (Lipinski definition) is 3. The second-order valence-corrected chi connectivity index (χ2v) is 4.98. The van der Waals surface area contributed by atoms with Crippen molar-refractivity contribution in [3.63, 3.8) is 0 Å². The van der Waals surface area contributed by atoms with E-state index < -0.39 is 5.97 Å². The highest BCUT2D eigenvalue weighted by atomic mass is 16.4. The molecule has 0 spiro atoms. The first-order chi connectivity index (χ1) is 9.16. The van der Waals surface area contributed by atoms with Crippen LogP contribution in [0.2, 0.25) is 0 Å². The number of amides is 1. The lowest BCUT2D eigenvalue weighted by atomic mass is 9.81. The highest BCUT2D eigenvalue weighted by Gasteiger charge is 2.30. The fourth-order valence-corrected chi connectivity index (χ4v) is 2.49. The lowest BCUT2D eigenvalue weighted by Gasteiger charge is -2.25. The van der Waals surface area contributed by atoms with E-state index >= 15 is 0 Å². The molecule has 5 nitrogen and oxygen atoms in total. The minimum atomic E-state index is -0.787. The number of nitrogens with zero attached hydrogens (tertiary/aromatic N) is 1. The van der Waals surface area contributed by atoms with Gasteiger partial charge in [0.15, 0.2) is 0 Å². The number of carbonyl (C=O) groups is 2. The molecule has 1 saturated carbocycles. The Balaban J connectivity index is 1.84. The number of aromatic nitrogens is 1. The van der Waals surface area contributed by atoms with Crippen LogP contribution < -0.4 is 5.32 Å². The number of nitrogens with one attached hydrogen (secondary N) is 1. The summed E-state index contributed by atoms with van der Waals surface area (Å²) in [6, 6.07) is 3.72. The molecule has 0 saturated heterocycles. The third-order valence-electron chi connectivity index (χ3n) is 3.58. The van der Waals surface area contributed by atoms with Gasteiger partial charge < -0.3 is 10.4 Å². The van der Waals surface area contributed by atoms with Crippen LogP contribution in [0.1, 0.15) is 31.2 Å². The Bertz CT molecular complexity index is 447. The number of hydrogen-bond donors (Lipinski definition) is 2. The highest BCUT2D eigenvalue weighted by molar-refractivity contribution is 5.80. The molecular weight excluding hydrogens is 244 g/mol. The van der Waals surface area contributed by atoms with E-state index in [0.717, 1.165) is 18.4 Å². The van der Waals surface area contributed by atoms with Gasteiger partial charge in [0, 0.05) is 24.9 Å². The summed E-state index contributed by atoms with van der Waals surface area (Å²) in [7, 11) is 0. The molecule has 2 unspecified atom stereocenters. The normalized spacial score (nSPS) is 22.7. The fourth-order valence-electron chi connectivity index (χ4n) is 2.49. The maximum atomic E-state index is 12.0. The Labute approximate surface area is 112 Å². The molecular formula is C14H18N2O3. The summed E-state index contributed by atoms with van der Waals surface area (Å²) in [4.78, 5) is 27.0. The topological polar surface area (TPSA) is 79.3 Å². The smallest absolute Gasteiger partial charge is 0.306 e. The molecule has 1 aliphatic carbocycles. The van der Waals surface area contributed by atoms with E-state index in [0.29, 0.717) is 19.4 Å². The van der Waals surface area contributed by atoms with Crippen molar-refractivity contribution in [2.24, 2.45) is 11.8 Å². The molecule has 0 radical (unpaired) electrons. The maximum Gasteiger partial charge on any atom is 0.306 e. The summed E-state index contributed by atoms with van der Waals surface area (Å²) in [6.45, 7) is 0.445. The molecule has 19 heavy (non-hydrogen) atoms. The van der Waals surface area contributed by atoms with Gasteiger partial charge in [0.05, 0.1) is 5.92 Å². The predicted molar refractivity (Wildman–Crippen MR) is 69.2 cm³/mol. The van der Waals surface area contributed by atoms with Crippen LogP contribution in [-0.2, 0) is 16.1 Å². The quantitative estimate of drug-likeness (QED) is 0.863. The fraction of sp³-hybridized carbons (Fsp3) is 0.500. The first kappa shape index (κ1) is 13.5. The largest absolute Gasteiger partial charge is 0.481 e. The van der Waals surface area contributed by atoms with Gasteiger partial charge in [0.2, 0.25) is 5.91 Å². The van der Waals surface area contributed by atoms with Gasteiger partial charge in [-0.25, -0.2) is 0 Å². The zero-order valence-corrected chi connectivity index (χ0v) is 10.7. The van der Waals surface area contributed by atoms with Crippen molar-refractivity contribution in [1.82, 2.24) is 10.3 Å². The molecule has 1 amide bonds. The Morgan fingerprint density at radius 1 is 1.37 bits per heavy atom. The standard InChI is InChI=1S/C14H18N2O3/c17-13(16-9-10-3-2-6-15-8-10)11-4-1-5-12(7-11)14(18)19/h2-3,6,8,11-12H,1,4-5,7,9H2,(H,16,17)(H,18,19). The Kier molecular flexibility index (Phi) is 4.49. The second kappa shape index (κ2) is 6.31. The number of carbonyl (C=O) groups excluding carboxylic acids is 1. The lowest BCUT2D eigenvalue weighted by molar-refractivity contribution is -0.144. The van der Waals surface area contributed by atoms with Gasteiger partial charge in [-0.3, -0.25) is 14.6 Å². The SMILES string of the molecule is O=C(O)C1CCCC(C(=O)NCc2cccnc2)C1. The molecule has 1 aromatic rings. The van der Waals surface area contributed by atoms with Crippen molar-refractivity contribution in [2.45, 2.75) is 32.2 Å². The van der Waals surface area contributed by atoms with Crippen LogP contribution >= 0.6 is 0 Å². The van der Waals surface area contributed by atoms with Crippen molar-refractivity contribution in [2.75, 3.05) is 0 Å². The molecule has 0 aliphatic heterocycles. The first-order valence-electron chi connectivity index (χ1n) is 6.56. The van der Waals surface area contributed by atoms with E-state index in [1.807, 2.05) is 12.1 Å². The number of carboxylic acids is 1. The Hall–Kier alpha value is -1.91. The van der Waals surface area contributed by atoms with Crippen LogP contribution in [0.3, 0.4) is 0 Å². The number of pyridine rings is 1. The van der Waals surface area contributed by atoms with E-state index in [-0.39, 0.29) is 17.7 Å². The van der Waals surface area contributed by atoms with Crippen LogP contribution in [-0.4, -0.2) is 22.0 Å². The predicted octanol–water partition coefficient (Wildman–Crippen LogP) is 1.59. The second-order valence-electron chi connectivity index (χ2n) is 4.98. The van der Waals surface area contributed by atoms with Crippen molar-refractivity contribution in [3.05, 3.63) is 30.1 Å². The van der Waals surface area contributed by atoms with Crippen molar-refractivity contribution in [1.29, 1.82) is 0 Å². The maximum absolute atomic E-state index is 12.0. The highest BCUT2D eigenvalue weighted by Crippen LogP contribution is 2.29. The molecule has 5 heteroatoms. The number of aliphatic carboxylic acids is 1. The minimum absolute atomic E-state index is 0.0465. The van der Waals surface area contributed by atoms with E-state index in [1.165, 1.54) is 0 Å². The van der Waals surface area contributed by atoms with Gasteiger partial charge in [-0.1, -0.05) is 12.5 Å². The molecule has 102 valence electrons. The van der Waals surface area contributed by atoms with Crippen molar-refractivity contribution in [3.8, 4) is 0 Å². The van der Waals surface area contributed by atoms with Crippen molar-refractivity contribution < 1.29 is 14.7 Å². The summed E-state index contributed by atoms with van der Waals surface area (Å²) in [6.07, 6.45) is 6.12. The molecule has 0 bridgehead atoms. The zero-order valence-electron chi connectivity index (χ0n) is 10.7. The number of rotatable bonds is 4. The lowest BCUT2D eigenvalue weighted by Crippen LogP contribution is -2.35. The van der Waals surface area contributed by atoms with Crippen LogP contribution in [0.4, 0.5) is 0 Å². The van der Waals surface area contributed by atoms with Gasteiger partial charge in [0.25, 0.3) is 0 Å². The monoisotopic (exact) mass is 262 g/mol.